The van der Waals surface area contributed by atoms with E-state index < -0.39 is 0 Å². The lowest BCUT2D eigenvalue weighted by molar-refractivity contribution is -0.132. The van der Waals surface area contributed by atoms with Crippen LogP contribution in [0.4, 0.5) is 0 Å². The molecule has 1 saturated heterocycles. The Morgan fingerprint density at radius 1 is 1.20 bits per heavy atom. The van der Waals surface area contributed by atoms with Gasteiger partial charge >= 0.3 is 0 Å². The van der Waals surface area contributed by atoms with E-state index in [1.54, 1.807) is 11.3 Å². The molecule has 5 nitrogen and oxygen atoms in total. The fraction of sp³-hybridized carbons (Fsp3) is 0.632. The fourth-order valence-electron chi connectivity index (χ4n) is 4.10. The third-order valence-corrected chi connectivity index (χ3v) is 6.34. The third kappa shape index (κ3) is 3.64. The van der Waals surface area contributed by atoms with Crippen LogP contribution in [-0.2, 0) is 24.2 Å². The second-order valence-electron chi connectivity index (χ2n) is 7.11. The van der Waals surface area contributed by atoms with E-state index in [9.17, 15) is 4.79 Å². The maximum Gasteiger partial charge on any atom is 0.223 e. The van der Waals surface area contributed by atoms with Crippen LogP contribution in [-0.4, -0.2) is 32.1 Å². The highest BCUT2D eigenvalue weighted by atomic mass is 32.1. The minimum Gasteiger partial charge on any atom is -0.332 e. The van der Waals surface area contributed by atoms with Gasteiger partial charge in [-0.1, -0.05) is 12.5 Å². The number of nitrogens with zero attached hydrogens (tertiary/aromatic N) is 4. The highest BCUT2D eigenvalue weighted by Gasteiger charge is 2.34. The van der Waals surface area contributed by atoms with Crippen molar-refractivity contribution in [3.8, 4) is 0 Å². The first-order valence-corrected chi connectivity index (χ1v) is 10.4. The van der Waals surface area contributed by atoms with Gasteiger partial charge in [-0.2, -0.15) is 0 Å². The molecule has 2 aliphatic heterocycles. The van der Waals surface area contributed by atoms with Crippen molar-refractivity contribution in [3.63, 3.8) is 0 Å². The molecule has 6 heteroatoms. The molecule has 0 spiro atoms. The van der Waals surface area contributed by atoms with Gasteiger partial charge in [0.2, 0.25) is 5.91 Å². The van der Waals surface area contributed by atoms with Crippen molar-refractivity contribution in [2.45, 2.75) is 70.4 Å². The molecule has 4 rings (SSSR count). The zero-order valence-electron chi connectivity index (χ0n) is 14.7. The van der Waals surface area contributed by atoms with Gasteiger partial charge in [-0.25, -0.2) is 0 Å². The predicted molar refractivity (Wildman–Crippen MR) is 98.5 cm³/mol. The number of carbonyl (C=O) groups excluding carboxylic acids is 1. The summed E-state index contributed by atoms with van der Waals surface area (Å²) in [5, 5.41) is 11.0. The van der Waals surface area contributed by atoms with E-state index in [2.05, 4.69) is 37.2 Å². The summed E-state index contributed by atoms with van der Waals surface area (Å²) in [6, 6.07) is 4.36. The molecule has 0 radical (unpaired) electrons. The zero-order valence-corrected chi connectivity index (χ0v) is 15.5. The lowest BCUT2D eigenvalue weighted by atomic mass is 10.1. The van der Waals surface area contributed by atoms with Gasteiger partial charge < -0.3 is 9.47 Å². The SMILES string of the molecule is O=C(CCCc1cccs1)N1CCCC1c1nnc2n1CCCCC2. The van der Waals surface area contributed by atoms with Crippen molar-refractivity contribution in [2.75, 3.05) is 6.54 Å². The Hall–Kier alpha value is -1.69. The van der Waals surface area contributed by atoms with Crippen LogP contribution in [0.2, 0.25) is 0 Å². The number of rotatable bonds is 5. The lowest BCUT2D eigenvalue weighted by Crippen LogP contribution is -2.32. The lowest BCUT2D eigenvalue weighted by Gasteiger charge is -2.24. The molecule has 134 valence electrons. The average Bonchev–Trinajstić information content (AvgIpc) is 3.33. The molecule has 2 aliphatic rings. The van der Waals surface area contributed by atoms with Crippen LogP contribution in [0.5, 0.6) is 0 Å². The largest absolute Gasteiger partial charge is 0.332 e. The number of likely N-dealkylation sites (tertiary alicyclic amines) is 1. The summed E-state index contributed by atoms with van der Waals surface area (Å²) in [6.07, 6.45) is 9.34. The quantitative estimate of drug-likeness (QED) is 0.818. The summed E-state index contributed by atoms with van der Waals surface area (Å²) in [7, 11) is 0. The highest BCUT2D eigenvalue weighted by Crippen LogP contribution is 2.33. The Morgan fingerprint density at radius 3 is 3.04 bits per heavy atom. The standard InChI is InChI=1S/C19H26N4OS/c24-18(11-4-7-15-8-6-14-25-15)22-13-5-9-16(22)19-21-20-17-10-2-1-3-12-23(17)19/h6,8,14,16H,1-5,7,9-13H2. The molecule has 1 atom stereocenters. The van der Waals surface area contributed by atoms with Crippen LogP contribution in [0, 0.1) is 0 Å². The van der Waals surface area contributed by atoms with Crippen LogP contribution >= 0.6 is 11.3 Å². The number of hydrogen-bond donors (Lipinski definition) is 0. The van der Waals surface area contributed by atoms with Gasteiger partial charge in [0.05, 0.1) is 6.04 Å². The van der Waals surface area contributed by atoms with Gasteiger partial charge in [0.15, 0.2) is 5.82 Å². The van der Waals surface area contributed by atoms with E-state index in [1.165, 1.54) is 24.1 Å². The predicted octanol–water partition coefficient (Wildman–Crippen LogP) is 3.75. The normalized spacial score (nSPS) is 20.5. The van der Waals surface area contributed by atoms with E-state index in [1.807, 2.05) is 0 Å². The second-order valence-corrected chi connectivity index (χ2v) is 8.15. The maximum atomic E-state index is 12.8. The summed E-state index contributed by atoms with van der Waals surface area (Å²) in [5.41, 5.74) is 0. The molecule has 1 unspecified atom stereocenters. The van der Waals surface area contributed by atoms with Crippen molar-refractivity contribution in [1.29, 1.82) is 0 Å². The molecule has 25 heavy (non-hydrogen) atoms. The second kappa shape index (κ2) is 7.68. The van der Waals surface area contributed by atoms with E-state index in [-0.39, 0.29) is 11.9 Å². The van der Waals surface area contributed by atoms with Crippen molar-refractivity contribution in [1.82, 2.24) is 19.7 Å². The topological polar surface area (TPSA) is 51.0 Å². The number of aromatic nitrogens is 3. The molecule has 1 fully saturated rings. The summed E-state index contributed by atoms with van der Waals surface area (Å²) in [4.78, 5) is 16.2. The Labute approximate surface area is 153 Å². The van der Waals surface area contributed by atoms with Crippen LogP contribution in [0.1, 0.15) is 67.5 Å². The summed E-state index contributed by atoms with van der Waals surface area (Å²) in [5.74, 6) is 2.43. The number of hydrogen-bond acceptors (Lipinski definition) is 4. The Kier molecular flexibility index (Phi) is 5.15. The molecular weight excluding hydrogens is 332 g/mol. The van der Waals surface area contributed by atoms with E-state index in [4.69, 9.17) is 0 Å². The monoisotopic (exact) mass is 358 g/mol. The van der Waals surface area contributed by atoms with Crippen molar-refractivity contribution >= 4 is 17.2 Å². The minimum absolute atomic E-state index is 0.133. The number of aryl methyl sites for hydroxylation is 2. The first kappa shape index (κ1) is 16.8. The molecule has 2 aromatic heterocycles. The molecule has 1 amide bonds. The highest BCUT2D eigenvalue weighted by molar-refractivity contribution is 7.09. The molecule has 0 bridgehead atoms. The number of amides is 1. The molecule has 0 N–H and O–H groups in total. The number of thiophene rings is 1. The zero-order chi connectivity index (χ0) is 17.1. The van der Waals surface area contributed by atoms with Gasteiger partial charge in [-0.15, -0.1) is 21.5 Å². The van der Waals surface area contributed by atoms with E-state index in [0.29, 0.717) is 6.42 Å². The Morgan fingerprint density at radius 2 is 2.16 bits per heavy atom. The summed E-state index contributed by atoms with van der Waals surface area (Å²) in [6.45, 7) is 1.87. The summed E-state index contributed by atoms with van der Waals surface area (Å²) >= 11 is 1.78. The van der Waals surface area contributed by atoms with Crippen LogP contribution < -0.4 is 0 Å². The van der Waals surface area contributed by atoms with Crippen LogP contribution in [0.15, 0.2) is 17.5 Å². The molecule has 0 saturated carbocycles. The van der Waals surface area contributed by atoms with Crippen LogP contribution in [0.25, 0.3) is 0 Å². The third-order valence-electron chi connectivity index (χ3n) is 5.40. The van der Waals surface area contributed by atoms with Crippen molar-refractivity contribution in [3.05, 3.63) is 34.0 Å². The Bertz CT molecular complexity index is 709. The first-order chi connectivity index (χ1) is 12.3. The first-order valence-electron chi connectivity index (χ1n) is 9.57. The van der Waals surface area contributed by atoms with E-state index >= 15 is 0 Å². The molecule has 0 aliphatic carbocycles. The molecule has 2 aromatic rings. The van der Waals surface area contributed by atoms with Gasteiger partial charge in [0, 0.05) is 30.8 Å². The number of carbonyl (C=O) groups is 1. The van der Waals surface area contributed by atoms with Crippen LogP contribution in [0.3, 0.4) is 0 Å². The molecular formula is C19H26N4OS. The number of fused-ring (bicyclic) bond motifs is 1. The maximum absolute atomic E-state index is 12.8. The van der Waals surface area contributed by atoms with E-state index in [0.717, 1.165) is 56.8 Å². The van der Waals surface area contributed by atoms with Crippen molar-refractivity contribution < 1.29 is 4.79 Å². The minimum atomic E-state index is 0.133. The smallest absolute Gasteiger partial charge is 0.223 e. The van der Waals surface area contributed by atoms with Gasteiger partial charge in [-0.05, 0) is 50.0 Å². The van der Waals surface area contributed by atoms with Gasteiger partial charge in [0.25, 0.3) is 0 Å². The van der Waals surface area contributed by atoms with Gasteiger partial charge in [-0.3, -0.25) is 4.79 Å². The average molecular weight is 359 g/mol. The fourth-order valence-corrected chi connectivity index (χ4v) is 4.85. The molecule has 0 aromatic carbocycles. The van der Waals surface area contributed by atoms with Crippen molar-refractivity contribution in [2.24, 2.45) is 0 Å². The Balaban J connectivity index is 1.41. The summed E-state index contributed by atoms with van der Waals surface area (Å²) < 4.78 is 2.30. The molecule has 4 heterocycles. The van der Waals surface area contributed by atoms with Gasteiger partial charge in [0.1, 0.15) is 5.82 Å².